The molecule has 4 aromatic rings. The molecule has 0 aliphatic carbocycles. The van der Waals surface area contributed by atoms with Gasteiger partial charge in [0.05, 0.1) is 17.4 Å². The zero-order valence-corrected chi connectivity index (χ0v) is 19.9. The van der Waals surface area contributed by atoms with Gasteiger partial charge in [0.1, 0.15) is 5.60 Å². The molecular weight excluding hydrogens is 472 g/mol. The van der Waals surface area contributed by atoms with Gasteiger partial charge in [0.15, 0.2) is 5.49 Å². The van der Waals surface area contributed by atoms with E-state index < -0.39 is 29.1 Å². The van der Waals surface area contributed by atoms with Crippen molar-refractivity contribution in [1.82, 2.24) is 30.0 Å². The minimum Gasteiger partial charge on any atom is -0.443 e. The van der Waals surface area contributed by atoms with Crippen LogP contribution in [-0.2, 0) is 17.7 Å². The van der Waals surface area contributed by atoms with Crippen molar-refractivity contribution in [1.29, 1.82) is 0 Å². The molecule has 0 saturated heterocycles. The minimum atomic E-state index is -3.98. The number of nitrogens with zero attached hydrogens (tertiary/aromatic N) is 6. The Morgan fingerprint density at radius 3 is 2.58 bits per heavy atom. The molecule has 0 bridgehead atoms. The number of pyridine rings is 1. The molecule has 186 valence electrons. The van der Waals surface area contributed by atoms with Gasteiger partial charge in [-0.3, -0.25) is 14.5 Å². The van der Waals surface area contributed by atoms with E-state index in [1.807, 2.05) is 0 Å². The van der Waals surface area contributed by atoms with Gasteiger partial charge in [-0.05, 0) is 51.1 Å². The van der Waals surface area contributed by atoms with Crippen LogP contribution in [0.5, 0.6) is 0 Å². The first-order valence-electron chi connectivity index (χ1n) is 10.8. The fourth-order valence-corrected chi connectivity index (χ4v) is 3.29. The molecule has 0 saturated carbocycles. The molecule has 0 unspecified atom stereocenters. The van der Waals surface area contributed by atoms with Crippen LogP contribution in [0, 0.1) is 0 Å². The van der Waals surface area contributed by atoms with Crippen molar-refractivity contribution in [3.63, 3.8) is 0 Å². The van der Waals surface area contributed by atoms with Gasteiger partial charge >= 0.3 is 17.9 Å². The summed E-state index contributed by atoms with van der Waals surface area (Å²) in [5, 5.41) is 12.4. The molecule has 1 aromatic carbocycles. The number of hydrogen-bond acceptors (Lipinski definition) is 7. The van der Waals surface area contributed by atoms with Gasteiger partial charge in [0.2, 0.25) is 0 Å². The predicted molar refractivity (Wildman–Crippen MR) is 126 cm³/mol. The summed E-state index contributed by atoms with van der Waals surface area (Å²) in [6, 6.07) is 9.72. The largest absolute Gasteiger partial charge is 0.443 e. The Hall–Kier alpha value is -4.48. The number of hydrogen-bond donors (Lipinski definition) is 1. The van der Waals surface area contributed by atoms with E-state index in [0.717, 1.165) is 6.07 Å². The second kappa shape index (κ2) is 9.29. The third kappa shape index (κ3) is 5.27. The van der Waals surface area contributed by atoms with Crippen molar-refractivity contribution in [2.75, 3.05) is 0 Å². The van der Waals surface area contributed by atoms with E-state index in [0.29, 0.717) is 21.1 Å². The Morgan fingerprint density at radius 2 is 1.89 bits per heavy atom. The van der Waals surface area contributed by atoms with Gasteiger partial charge in [0.25, 0.3) is 0 Å². The van der Waals surface area contributed by atoms with E-state index in [-0.39, 0.29) is 11.2 Å². The second-order valence-electron chi connectivity index (χ2n) is 8.91. The summed E-state index contributed by atoms with van der Waals surface area (Å²) in [5.41, 5.74) is 1.62. The summed E-state index contributed by atoms with van der Waals surface area (Å²) in [4.78, 5) is 29.3. The van der Waals surface area contributed by atoms with Crippen LogP contribution >= 0.6 is 0 Å². The predicted octanol–water partition coefficient (Wildman–Crippen LogP) is 3.60. The Bertz CT molecular complexity index is 1520. The molecule has 0 atom stereocenters. The van der Waals surface area contributed by atoms with Crippen LogP contribution in [0.3, 0.4) is 0 Å². The first kappa shape index (κ1) is 24.6. The average Bonchev–Trinajstić information content (AvgIpc) is 3.27. The quantitative estimate of drug-likeness (QED) is 0.433. The summed E-state index contributed by atoms with van der Waals surface area (Å²) < 4.78 is 38.1. The molecule has 0 radical (unpaired) electrons. The number of amides is 1. The van der Waals surface area contributed by atoms with Crippen LogP contribution in [-0.4, -0.2) is 42.1 Å². The molecule has 12 heteroatoms. The highest BCUT2D eigenvalue weighted by molar-refractivity contribution is 5.88. The van der Waals surface area contributed by atoms with Gasteiger partial charge in [-0.1, -0.05) is 12.1 Å². The first-order valence-corrected chi connectivity index (χ1v) is 10.8. The molecule has 0 fully saturated rings. The van der Waals surface area contributed by atoms with Gasteiger partial charge in [-0.15, -0.1) is 5.10 Å². The topological polar surface area (TPSA) is 116 Å². The standard InChI is InChI=1S/C24H23F2N7O3/c1-23(2,3)36-22(35)30-29-20-10-9-19(16-13-28-32(4)14-16)31-33(20)21(34)24(25,26)17-7-8-18-15(12-17)6-5-11-27-18/h5-14H,1-4H3,(H,30,35). The van der Waals surface area contributed by atoms with E-state index in [9.17, 15) is 9.59 Å². The van der Waals surface area contributed by atoms with Crippen LogP contribution in [0.25, 0.3) is 22.2 Å². The van der Waals surface area contributed by atoms with Crippen molar-refractivity contribution < 1.29 is 23.1 Å². The number of aryl methyl sites for hydroxylation is 1. The third-order valence-corrected chi connectivity index (χ3v) is 4.90. The van der Waals surface area contributed by atoms with E-state index in [1.54, 1.807) is 52.3 Å². The molecule has 10 nitrogen and oxygen atoms in total. The molecule has 3 heterocycles. The van der Waals surface area contributed by atoms with Gasteiger partial charge in [0, 0.05) is 36.0 Å². The molecular formula is C24H23F2N7O3. The summed E-state index contributed by atoms with van der Waals surface area (Å²) in [6.45, 7) is 4.96. The molecule has 1 N–H and O–H groups in total. The van der Waals surface area contributed by atoms with Gasteiger partial charge in [-0.2, -0.15) is 23.7 Å². The van der Waals surface area contributed by atoms with Crippen molar-refractivity contribution in [2.24, 2.45) is 12.1 Å². The number of carbonyl (C=O) groups is 2. The molecule has 36 heavy (non-hydrogen) atoms. The SMILES string of the molecule is Cn1cc(-c2ccc(=NNC(=O)OC(C)(C)C)n(C(=O)C(F)(F)c3ccc4ncccc4c3)n2)cn1. The molecule has 0 aliphatic heterocycles. The normalized spacial score (nSPS) is 12.6. The summed E-state index contributed by atoms with van der Waals surface area (Å²) in [6.07, 6.45) is 3.70. The van der Waals surface area contributed by atoms with Crippen molar-refractivity contribution in [3.05, 3.63) is 72.1 Å². The van der Waals surface area contributed by atoms with E-state index in [4.69, 9.17) is 4.74 Å². The number of benzene rings is 1. The lowest BCUT2D eigenvalue weighted by Crippen LogP contribution is -2.41. The van der Waals surface area contributed by atoms with E-state index in [2.05, 4.69) is 25.7 Å². The molecule has 1 amide bonds. The molecule has 0 spiro atoms. The zero-order chi connectivity index (χ0) is 26.1. The van der Waals surface area contributed by atoms with Crippen LogP contribution in [0.15, 0.2) is 66.2 Å². The Balaban J connectivity index is 1.78. The monoisotopic (exact) mass is 495 g/mol. The van der Waals surface area contributed by atoms with E-state index >= 15 is 8.78 Å². The van der Waals surface area contributed by atoms with Crippen LogP contribution in [0.1, 0.15) is 31.1 Å². The molecule has 3 aromatic heterocycles. The third-order valence-electron chi connectivity index (χ3n) is 4.90. The lowest BCUT2D eigenvalue weighted by Gasteiger charge is -2.19. The highest BCUT2D eigenvalue weighted by Gasteiger charge is 2.43. The van der Waals surface area contributed by atoms with Crippen molar-refractivity contribution in [2.45, 2.75) is 32.3 Å². The molecule has 0 aliphatic rings. The maximum absolute atomic E-state index is 15.5. The maximum atomic E-state index is 15.5. The lowest BCUT2D eigenvalue weighted by molar-refractivity contribution is -0.00396. The Labute approximate surface area is 204 Å². The van der Waals surface area contributed by atoms with Crippen molar-refractivity contribution >= 4 is 22.9 Å². The van der Waals surface area contributed by atoms with Crippen LogP contribution in [0.2, 0.25) is 0 Å². The van der Waals surface area contributed by atoms with Crippen LogP contribution in [0.4, 0.5) is 13.6 Å². The highest BCUT2D eigenvalue weighted by Crippen LogP contribution is 2.31. The number of rotatable bonds is 4. The number of ether oxygens (including phenoxy) is 1. The number of nitrogens with one attached hydrogen (secondary N) is 1. The number of alkyl halides is 2. The number of fused-ring (bicyclic) bond motifs is 1. The minimum absolute atomic E-state index is 0.200. The highest BCUT2D eigenvalue weighted by atomic mass is 19.3. The summed E-state index contributed by atoms with van der Waals surface area (Å²) in [5.74, 6) is -5.65. The first-order chi connectivity index (χ1) is 16.9. The smallest absolute Gasteiger partial charge is 0.428 e. The number of halogens is 2. The van der Waals surface area contributed by atoms with Crippen LogP contribution < -0.4 is 10.9 Å². The van der Waals surface area contributed by atoms with Crippen molar-refractivity contribution in [3.8, 4) is 11.3 Å². The number of aromatic nitrogens is 5. The van der Waals surface area contributed by atoms with Gasteiger partial charge in [-0.25, -0.2) is 10.2 Å². The molecule has 4 rings (SSSR count). The fourth-order valence-electron chi connectivity index (χ4n) is 3.29. The summed E-state index contributed by atoms with van der Waals surface area (Å²) >= 11 is 0. The second-order valence-corrected chi connectivity index (χ2v) is 8.91. The Kier molecular flexibility index (Phi) is 6.35. The fraction of sp³-hybridized carbons (Fsp3) is 0.250. The maximum Gasteiger partial charge on any atom is 0.428 e. The van der Waals surface area contributed by atoms with Gasteiger partial charge < -0.3 is 4.74 Å². The lowest BCUT2D eigenvalue weighted by atomic mass is 10.0. The Morgan fingerprint density at radius 1 is 1.11 bits per heavy atom. The average molecular weight is 495 g/mol. The zero-order valence-electron chi connectivity index (χ0n) is 19.9. The van der Waals surface area contributed by atoms with E-state index in [1.165, 1.54) is 35.1 Å². The number of carbonyl (C=O) groups excluding carboxylic acids is 2. The summed E-state index contributed by atoms with van der Waals surface area (Å²) in [7, 11) is 1.68.